The number of hydrogen-bond acceptors (Lipinski definition) is 4. The monoisotopic (exact) mass is 397 g/mol. The number of aromatic nitrogens is 1. The van der Waals surface area contributed by atoms with Crippen LogP contribution in [0.5, 0.6) is 0 Å². The topological polar surface area (TPSA) is 45.6 Å². The minimum Gasteiger partial charge on any atom is -0.330 e. The summed E-state index contributed by atoms with van der Waals surface area (Å²) in [5.74, 6) is -0.0354. The van der Waals surface area contributed by atoms with Crippen molar-refractivity contribution in [1.29, 1.82) is 0 Å². The number of nitrogens with zero attached hydrogens (tertiary/aromatic N) is 3. The Hall–Kier alpha value is -2.27. The van der Waals surface area contributed by atoms with Crippen molar-refractivity contribution in [1.82, 2.24) is 9.88 Å². The van der Waals surface area contributed by atoms with Crippen molar-refractivity contribution >= 4 is 24.0 Å². The molecule has 28 heavy (non-hydrogen) atoms. The molecule has 0 saturated heterocycles. The summed E-state index contributed by atoms with van der Waals surface area (Å²) >= 11 is 1.65. The lowest BCUT2D eigenvalue weighted by molar-refractivity contribution is -0.130. The molecule has 0 spiro atoms. The Morgan fingerprint density at radius 3 is 2.36 bits per heavy atom. The van der Waals surface area contributed by atoms with Crippen LogP contribution in [0.3, 0.4) is 0 Å². The first-order chi connectivity index (χ1) is 13.5. The van der Waals surface area contributed by atoms with Crippen molar-refractivity contribution < 1.29 is 4.79 Å². The number of hydrogen-bond donors (Lipinski definition) is 0. The minimum atomic E-state index is -0.0354. The van der Waals surface area contributed by atoms with E-state index >= 15 is 0 Å². The lowest BCUT2D eigenvalue weighted by atomic mass is 10.0. The van der Waals surface area contributed by atoms with Crippen LogP contribution in [0.15, 0.2) is 46.5 Å². The summed E-state index contributed by atoms with van der Waals surface area (Å²) in [5.41, 5.74) is 5.64. The Kier molecular flexibility index (Phi) is 8.58. The standard InChI is InChI=1S/C23H31N3OS/c1-6-9-20(10-7-2)26(23(27)21(8-3)24-5)15-18-11-13-19(14-12-18)22-17(4)25-16-28-22/h8,11-14,16,20H,5-7,9-10,15H2,1-4H3/b21-8-. The van der Waals surface area contributed by atoms with Crippen LogP contribution >= 0.6 is 11.3 Å². The predicted octanol–water partition coefficient (Wildman–Crippen LogP) is 6.02. The lowest BCUT2D eigenvalue weighted by Gasteiger charge is -2.32. The van der Waals surface area contributed by atoms with Gasteiger partial charge in [-0.25, -0.2) is 4.98 Å². The number of aliphatic imine (C=N–C) groups is 1. The second-order valence-corrected chi connectivity index (χ2v) is 7.81. The van der Waals surface area contributed by atoms with E-state index in [1.54, 1.807) is 17.4 Å². The molecular weight excluding hydrogens is 366 g/mol. The number of benzene rings is 1. The lowest BCUT2D eigenvalue weighted by Crippen LogP contribution is -2.40. The molecule has 1 amide bonds. The third-order valence-electron chi connectivity index (χ3n) is 4.92. The van der Waals surface area contributed by atoms with Gasteiger partial charge in [0.1, 0.15) is 5.70 Å². The SMILES string of the molecule is C=N/C(=C\C)C(=O)N(Cc1ccc(-c2scnc2C)cc1)C(CCC)CCC. The van der Waals surface area contributed by atoms with Gasteiger partial charge >= 0.3 is 0 Å². The van der Waals surface area contributed by atoms with Crippen molar-refractivity contribution in [2.75, 3.05) is 0 Å². The van der Waals surface area contributed by atoms with Gasteiger partial charge in [-0.15, -0.1) is 11.3 Å². The van der Waals surface area contributed by atoms with E-state index in [0.29, 0.717) is 12.2 Å². The van der Waals surface area contributed by atoms with Gasteiger partial charge in [-0.2, -0.15) is 0 Å². The van der Waals surface area contributed by atoms with E-state index < -0.39 is 0 Å². The Morgan fingerprint density at radius 2 is 1.89 bits per heavy atom. The normalized spacial score (nSPS) is 11.7. The van der Waals surface area contributed by atoms with E-state index in [9.17, 15) is 4.79 Å². The van der Waals surface area contributed by atoms with Crippen LogP contribution in [0, 0.1) is 6.92 Å². The van der Waals surface area contributed by atoms with Crippen LogP contribution in [0.2, 0.25) is 0 Å². The number of rotatable bonds is 10. The Balaban J connectivity index is 2.29. The number of carbonyl (C=O) groups excluding carboxylic acids is 1. The number of thiazole rings is 1. The molecule has 150 valence electrons. The molecule has 0 aliphatic rings. The maximum Gasteiger partial charge on any atom is 0.272 e. The smallest absolute Gasteiger partial charge is 0.272 e. The zero-order valence-corrected chi connectivity index (χ0v) is 18.3. The number of carbonyl (C=O) groups is 1. The number of aryl methyl sites for hydroxylation is 1. The van der Waals surface area contributed by atoms with Crippen LogP contribution in [-0.4, -0.2) is 28.6 Å². The van der Waals surface area contributed by atoms with Gasteiger partial charge in [0.2, 0.25) is 0 Å². The van der Waals surface area contributed by atoms with Crippen LogP contribution in [0.25, 0.3) is 10.4 Å². The first-order valence-corrected chi connectivity index (χ1v) is 10.9. The van der Waals surface area contributed by atoms with Crippen LogP contribution in [0.4, 0.5) is 0 Å². The molecule has 2 aromatic rings. The Bertz CT molecular complexity index is 802. The molecule has 0 saturated carbocycles. The highest BCUT2D eigenvalue weighted by molar-refractivity contribution is 7.13. The van der Waals surface area contributed by atoms with Crippen molar-refractivity contribution in [3.05, 3.63) is 52.8 Å². The summed E-state index contributed by atoms with van der Waals surface area (Å²) in [6.07, 6.45) is 5.82. The van der Waals surface area contributed by atoms with Gasteiger partial charge in [-0.1, -0.05) is 57.0 Å². The van der Waals surface area contributed by atoms with Gasteiger partial charge in [0, 0.05) is 12.6 Å². The van der Waals surface area contributed by atoms with E-state index in [0.717, 1.165) is 36.9 Å². The van der Waals surface area contributed by atoms with Gasteiger partial charge in [-0.05, 0) is 44.5 Å². The van der Waals surface area contributed by atoms with Gasteiger partial charge in [0.05, 0.1) is 16.1 Å². The fourth-order valence-corrected chi connectivity index (χ4v) is 4.27. The molecule has 0 aliphatic heterocycles. The summed E-state index contributed by atoms with van der Waals surface area (Å²) in [6.45, 7) is 12.3. The second kappa shape index (κ2) is 10.9. The zero-order valence-electron chi connectivity index (χ0n) is 17.4. The van der Waals surface area contributed by atoms with Crippen LogP contribution in [-0.2, 0) is 11.3 Å². The van der Waals surface area contributed by atoms with E-state index in [1.807, 2.05) is 24.3 Å². The van der Waals surface area contributed by atoms with Crippen molar-refractivity contribution in [2.24, 2.45) is 4.99 Å². The maximum atomic E-state index is 13.1. The third kappa shape index (κ3) is 5.38. The Morgan fingerprint density at radius 1 is 1.25 bits per heavy atom. The molecule has 0 bridgehead atoms. The zero-order chi connectivity index (χ0) is 20.5. The third-order valence-corrected chi connectivity index (χ3v) is 5.90. The average Bonchev–Trinajstić information content (AvgIpc) is 3.13. The van der Waals surface area contributed by atoms with E-state index in [4.69, 9.17) is 0 Å². The van der Waals surface area contributed by atoms with Gasteiger partial charge < -0.3 is 4.90 Å². The molecule has 5 heteroatoms. The molecule has 0 atom stereocenters. The second-order valence-electron chi connectivity index (χ2n) is 6.96. The highest BCUT2D eigenvalue weighted by Crippen LogP contribution is 2.28. The molecule has 1 heterocycles. The molecule has 0 radical (unpaired) electrons. The molecule has 2 rings (SSSR count). The van der Waals surface area contributed by atoms with Gasteiger partial charge in [0.15, 0.2) is 0 Å². The minimum absolute atomic E-state index is 0.0354. The summed E-state index contributed by atoms with van der Waals surface area (Å²) in [4.78, 5) is 24.6. The Labute approximate surface area is 173 Å². The molecule has 4 nitrogen and oxygen atoms in total. The largest absolute Gasteiger partial charge is 0.330 e. The first kappa shape index (κ1) is 22.0. The van der Waals surface area contributed by atoms with Crippen LogP contribution < -0.4 is 0 Å². The summed E-state index contributed by atoms with van der Waals surface area (Å²) < 4.78 is 0. The summed E-state index contributed by atoms with van der Waals surface area (Å²) in [6, 6.07) is 8.67. The quantitative estimate of drug-likeness (QED) is 0.363. The average molecular weight is 398 g/mol. The number of allylic oxidation sites excluding steroid dienone is 1. The molecule has 0 fully saturated rings. The van der Waals surface area contributed by atoms with E-state index in [2.05, 4.69) is 54.8 Å². The van der Waals surface area contributed by atoms with E-state index in [-0.39, 0.29) is 11.9 Å². The van der Waals surface area contributed by atoms with Crippen molar-refractivity contribution in [3.8, 4) is 10.4 Å². The molecule has 0 unspecified atom stereocenters. The van der Waals surface area contributed by atoms with Crippen molar-refractivity contribution in [2.45, 2.75) is 66.0 Å². The highest BCUT2D eigenvalue weighted by Gasteiger charge is 2.25. The molecular formula is C23H31N3OS. The fourth-order valence-electron chi connectivity index (χ4n) is 3.46. The molecule has 0 N–H and O–H groups in total. The first-order valence-electron chi connectivity index (χ1n) is 9.99. The fraction of sp³-hybridized carbons (Fsp3) is 0.435. The molecule has 0 aliphatic carbocycles. The summed E-state index contributed by atoms with van der Waals surface area (Å²) in [7, 11) is 0. The molecule has 1 aromatic heterocycles. The van der Waals surface area contributed by atoms with Crippen LogP contribution in [0.1, 0.15) is 57.7 Å². The van der Waals surface area contributed by atoms with Gasteiger partial charge in [0.25, 0.3) is 5.91 Å². The van der Waals surface area contributed by atoms with Gasteiger partial charge in [-0.3, -0.25) is 9.79 Å². The number of amides is 1. The van der Waals surface area contributed by atoms with Crippen molar-refractivity contribution in [3.63, 3.8) is 0 Å². The predicted molar refractivity (Wildman–Crippen MR) is 120 cm³/mol. The maximum absolute atomic E-state index is 13.1. The molecule has 1 aromatic carbocycles. The van der Waals surface area contributed by atoms with E-state index in [1.165, 1.54) is 10.4 Å². The summed E-state index contributed by atoms with van der Waals surface area (Å²) in [5, 5.41) is 0. The highest BCUT2D eigenvalue weighted by atomic mass is 32.1.